The minimum atomic E-state index is -4.54. The summed E-state index contributed by atoms with van der Waals surface area (Å²) < 4.78 is 45.5. The van der Waals surface area contributed by atoms with Crippen molar-refractivity contribution in [3.8, 4) is 17.0 Å². The molecular formula is C18H16F3N3O3. The SMILES string of the molecule is Cc1cc(C(F)(F)F)cc(O)c1-c1ccc2cn([C@H]3COC[C@H]3O)nc2n1. The summed E-state index contributed by atoms with van der Waals surface area (Å²) in [4.78, 5) is 4.38. The molecule has 0 unspecified atom stereocenters. The topological polar surface area (TPSA) is 80.4 Å². The van der Waals surface area contributed by atoms with Crippen LogP contribution in [0.3, 0.4) is 0 Å². The summed E-state index contributed by atoms with van der Waals surface area (Å²) in [5, 5.41) is 25.2. The Morgan fingerprint density at radius 1 is 1.22 bits per heavy atom. The number of aromatic nitrogens is 3. The van der Waals surface area contributed by atoms with Gasteiger partial charge in [-0.15, -0.1) is 0 Å². The van der Waals surface area contributed by atoms with Gasteiger partial charge in [-0.2, -0.15) is 18.3 Å². The van der Waals surface area contributed by atoms with Crippen molar-refractivity contribution >= 4 is 11.0 Å². The van der Waals surface area contributed by atoms with E-state index in [1.165, 1.54) is 6.92 Å². The fourth-order valence-electron chi connectivity index (χ4n) is 3.28. The second-order valence-corrected chi connectivity index (χ2v) is 6.58. The predicted octanol–water partition coefficient (Wildman–Crippen LogP) is 3.06. The lowest BCUT2D eigenvalue weighted by Crippen LogP contribution is -2.22. The van der Waals surface area contributed by atoms with Crippen molar-refractivity contribution in [3.63, 3.8) is 0 Å². The molecule has 2 aromatic heterocycles. The van der Waals surface area contributed by atoms with Crippen LogP contribution in [0, 0.1) is 6.92 Å². The number of aliphatic hydroxyl groups is 1. The number of alkyl halides is 3. The molecule has 27 heavy (non-hydrogen) atoms. The molecule has 1 fully saturated rings. The van der Waals surface area contributed by atoms with E-state index in [4.69, 9.17) is 4.74 Å². The molecule has 0 bridgehead atoms. The van der Waals surface area contributed by atoms with Crippen molar-refractivity contribution in [3.05, 3.63) is 41.6 Å². The molecule has 1 aliphatic heterocycles. The van der Waals surface area contributed by atoms with Crippen molar-refractivity contribution in [1.82, 2.24) is 14.8 Å². The highest BCUT2D eigenvalue weighted by atomic mass is 19.4. The third-order valence-corrected chi connectivity index (χ3v) is 4.65. The molecule has 1 aliphatic rings. The van der Waals surface area contributed by atoms with E-state index in [-0.39, 0.29) is 23.8 Å². The Bertz CT molecular complexity index is 993. The Labute approximate surface area is 151 Å². The molecule has 3 heterocycles. The number of aryl methyl sites for hydroxylation is 1. The van der Waals surface area contributed by atoms with Crippen LogP contribution in [0.25, 0.3) is 22.3 Å². The lowest BCUT2D eigenvalue weighted by Gasteiger charge is -2.13. The van der Waals surface area contributed by atoms with Crippen molar-refractivity contribution in [1.29, 1.82) is 0 Å². The van der Waals surface area contributed by atoms with E-state index < -0.39 is 23.6 Å². The zero-order valence-electron chi connectivity index (χ0n) is 14.2. The van der Waals surface area contributed by atoms with E-state index in [0.717, 1.165) is 6.07 Å². The fraction of sp³-hybridized carbons (Fsp3) is 0.333. The highest BCUT2D eigenvalue weighted by molar-refractivity contribution is 5.80. The van der Waals surface area contributed by atoms with Crippen molar-refractivity contribution in [2.75, 3.05) is 13.2 Å². The molecule has 3 aromatic rings. The smallest absolute Gasteiger partial charge is 0.416 e. The summed E-state index contributed by atoms with van der Waals surface area (Å²) in [7, 11) is 0. The molecule has 142 valence electrons. The standard InChI is InChI=1S/C18H16F3N3O3/c1-9-4-11(18(19,20)21)5-14(25)16(9)12-3-2-10-6-24(23-17(10)22-12)13-7-27-8-15(13)26/h2-6,13,15,25-26H,7-8H2,1H3/t13-,15+/m0/s1. The van der Waals surface area contributed by atoms with Crippen LogP contribution in [0.4, 0.5) is 13.2 Å². The molecule has 0 spiro atoms. The van der Waals surface area contributed by atoms with Crippen molar-refractivity contribution in [2.24, 2.45) is 0 Å². The molecule has 2 atom stereocenters. The van der Waals surface area contributed by atoms with Crippen molar-refractivity contribution < 1.29 is 28.1 Å². The predicted molar refractivity (Wildman–Crippen MR) is 90.2 cm³/mol. The first kappa shape index (κ1) is 17.7. The average molecular weight is 379 g/mol. The number of halogens is 3. The van der Waals surface area contributed by atoms with Crippen LogP contribution >= 0.6 is 0 Å². The van der Waals surface area contributed by atoms with Gasteiger partial charge in [-0.1, -0.05) is 0 Å². The Kier molecular flexibility index (Phi) is 4.08. The number of fused-ring (bicyclic) bond motifs is 1. The lowest BCUT2D eigenvalue weighted by molar-refractivity contribution is -0.137. The summed E-state index contributed by atoms with van der Waals surface area (Å²) in [5.74, 6) is -0.492. The summed E-state index contributed by atoms with van der Waals surface area (Å²) in [5.41, 5.74) is 0.253. The minimum absolute atomic E-state index is 0.226. The van der Waals surface area contributed by atoms with Gasteiger partial charge in [0, 0.05) is 17.1 Å². The van der Waals surface area contributed by atoms with Gasteiger partial charge in [0.05, 0.1) is 24.5 Å². The van der Waals surface area contributed by atoms with Gasteiger partial charge in [0.25, 0.3) is 0 Å². The van der Waals surface area contributed by atoms with E-state index in [1.54, 1.807) is 23.0 Å². The molecule has 9 heteroatoms. The normalized spacial score (nSPS) is 20.5. The Morgan fingerprint density at radius 3 is 2.63 bits per heavy atom. The summed E-state index contributed by atoms with van der Waals surface area (Å²) in [6, 6.07) is 4.69. The third-order valence-electron chi connectivity index (χ3n) is 4.65. The zero-order chi connectivity index (χ0) is 19.3. The van der Waals surface area contributed by atoms with Crippen LogP contribution in [-0.4, -0.2) is 44.3 Å². The van der Waals surface area contributed by atoms with Gasteiger partial charge in [0.15, 0.2) is 5.65 Å². The van der Waals surface area contributed by atoms with Crippen LogP contribution in [0.1, 0.15) is 17.2 Å². The molecule has 0 saturated carbocycles. The Balaban J connectivity index is 1.76. The second-order valence-electron chi connectivity index (χ2n) is 6.58. The number of aromatic hydroxyl groups is 1. The number of rotatable bonds is 2. The molecule has 0 amide bonds. The van der Waals surface area contributed by atoms with Crippen LogP contribution in [-0.2, 0) is 10.9 Å². The monoisotopic (exact) mass is 379 g/mol. The van der Waals surface area contributed by atoms with Gasteiger partial charge in [0.2, 0.25) is 0 Å². The number of benzene rings is 1. The molecular weight excluding hydrogens is 363 g/mol. The highest BCUT2D eigenvalue weighted by Crippen LogP contribution is 2.38. The second kappa shape index (κ2) is 6.21. The summed E-state index contributed by atoms with van der Waals surface area (Å²) >= 11 is 0. The minimum Gasteiger partial charge on any atom is -0.507 e. The molecule has 2 N–H and O–H groups in total. The largest absolute Gasteiger partial charge is 0.507 e. The summed E-state index contributed by atoms with van der Waals surface area (Å²) in [6.07, 6.45) is -3.48. The summed E-state index contributed by atoms with van der Waals surface area (Å²) in [6.45, 7) is 2.06. The maximum absolute atomic E-state index is 12.9. The lowest BCUT2D eigenvalue weighted by atomic mass is 10.00. The number of nitrogens with zero attached hydrogens (tertiary/aromatic N) is 3. The van der Waals surface area contributed by atoms with Crippen LogP contribution in [0.15, 0.2) is 30.5 Å². The number of ether oxygens (including phenoxy) is 1. The average Bonchev–Trinajstić information content (AvgIpc) is 3.18. The first-order valence-electron chi connectivity index (χ1n) is 8.27. The molecule has 1 saturated heterocycles. The van der Waals surface area contributed by atoms with E-state index in [0.29, 0.717) is 29.4 Å². The Hall–Kier alpha value is -2.65. The van der Waals surface area contributed by atoms with Gasteiger partial charge in [-0.05, 0) is 36.8 Å². The zero-order valence-corrected chi connectivity index (χ0v) is 14.2. The molecule has 0 aliphatic carbocycles. The molecule has 0 radical (unpaired) electrons. The molecule has 1 aromatic carbocycles. The third kappa shape index (κ3) is 3.13. The van der Waals surface area contributed by atoms with Gasteiger partial charge in [-0.25, -0.2) is 4.98 Å². The van der Waals surface area contributed by atoms with Gasteiger partial charge in [0.1, 0.15) is 17.9 Å². The maximum atomic E-state index is 12.9. The number of hydrogen-bond donors (Lipinski definition) is 2. The fourth-order valence-corrected chi connectivity index (χ4v) is 3.28. The van der Waals surface area contributed by atoms with E-state index >= 15 is 0 Å². The van der Waals surface area contributed by atoms with E-state index in [1.807, 2.05) is 0 Å². The van der Waals surface area contributed by atoms with Crippen LogP contribution < -0.4 is 0 Å². The van der Waals surface area contributed by atoms with E-state index in [2.05, 4.69) is 10.1 Å². The quantitative estimate of drug-likeness (QED) is 0.715. The van der Waals surface area contributed by atoms with Crippen LogP contribution in [0.5, 0.6) is 5.75 Å². The van der Waals surface area contributed by atoms with Crippen LogP contribution in [0.2, 0.25) is 0 Å². The maximum Gasteiger partial charge on any atom is 0.416 e. The van der Waals surface area contributed by atoms with Gasteiger partial charge >= 0.3 is 6.18 Å². The van der Waals surface area contributed by atoms with E-state index in [9.17, 15) is 23.4 Å². The molecule has 6 nitrogen and oxygen atoms in total. The highest BCUT2D eigenvalue weighted by Gasteiger charge is 2.32. The first-order chi connectivity index (χ1) is 12.7. The molecule has 4 rings (SSSR count). The van der Waals surface area contributed by atoms with Gasteiger partial charge < -0.3 is 14.9 Å². The Morgan fingerprint density at radius 2 is 2.00 bits per heavy atom. The number of phenols is 1. The number of hydrogen-bond acceptors (Lipinski definition) is 5. The van der Waals surface area contributed by atoms with Gasteiger partial charge in [-0.3, -0.25) is 4.68 Å². The number of aliphatic hydroxyl groups excluding tert-OH is 1. The number of phenolic OH excluding ortho intramolecular Hbond substituents is 1. The number of pyridine rings is 1. The first-order valence-corrected chi connectivity index (χ1v) is 8.27. The van der Waals surface area contributed by atoms with Crippen molar-refractivity contribution in [2.45, 2.75) is 25.2 Å².